The first-order valence-corrected chi connectivity index (χ1v) is 6.08. The van der Waals surface area contributed by atoms with E-state index < -0.39 is 12.8 Å². The molecule has 1 aromatic rings. The molecule has 19 heavy (non-hydrogen) atoms. The van der Waals surface area contributed by atoms with Gasteiger partial charge in [0.15, 0.2) is 18.1 Å². The lowest BCUT2D eigenvalue weighted by Gasteiger charge is -2.14. The molecular weight excluding hydrogens is 259 g/mol. The molecule has 1 fully saturated rings. The molecule has 0 aromatic heterocycles. The fraction of sp³-hybridized carbons (Fsp3) is 0.538. The van der Waals surface area contributed by atoms with Crippen LogP contribution in [0.3, 0.4) is 0 Å². The largest absolute Gasteiger partial charge is 0.493 e. The second-order valence-electron chi connectivity index (χ2n) is 4.54. The minimum Gasteiger partial charge on any atom is -0.493 e. The molecule has 2 rings (SSSR count). The maximum absolute atomic E-state index is 12.2. The molecule has 0 bridgehead atoms. The van der Waals surface area contributed by atoms with Crippen molar-refractivity contribution < 1.29 is 22.6 Å². The fourth-order valence-electron chi connectivity index (χ4n) is 1.65. The van der Waals surface area contributed by atoms with Gasteiger partial charge in [0.2, 0.25) is 0 Å². The topological polar surface area (TPSA) is 30.5 Å². The average molecular weight is 275 g/mol. The lowest BCUT2D eigenvalue weighted by Crippen LogP contribution is -2.20. The van der Waals surface area contributed by atoms with Crippen molar-refractivity contribution in [3.8, 4) is 11.5 Å². The smallest absolute Gasteiger partial charge is 0.422 e. The summed E-state index contributed by atoms with van der Waals surface area (Å²) in [7, 11) is 1.40. The Labute approximate surface area is 109 Å². The van der Waals surface area contributed by atoms with Crippen molar-refractivity contribution in [3.05, 3.63) is 23.8 Å². The van der Waals surface area contributed by atoms with Gasteiger partial charge in [-0.25, -0.2) is 0 Å². The van der Waals surface area contributed by atoms with Gasteiger partial charge in [-0.2, -0.15) is 13.2 Å². The SMILES string of the molecule is COc1ccc(CNC2CC2)cc1OCC(F)(F)F. The highest BCUT2D eigenvalue weighted by molar-refractivity contribution is 5.43. The summed E-state index contributed by atoms with van der Waals surface area (Å²) >= 11 is 0. The summed E-state index contributed by atoms with van der Waals surface area (Å²) in [5.74, 6) is 0.425. The molecule has 1 aliphatic carbocycles. The zero-order chi connectivity index (χ0) is 13.9. The van der Waals surface area contributed by atoms with Crippen molar-refractivity contribution in [3.63, 3.8) is 0 Å². The molecule has 1 N–H and O–H groups in total. The van der Waals surface area contributed by atoms with E-state index in [1.807, 2.05) is 6.07 Å². The van der Waals surface area contributed by atoms with Crippen LogP contribution in [0.5, 0.6) is 11.5 Å². The molecule has 1 aliphatic rings. The van der Waals surface area contributed by atoms with Crippen molar-refractivity contribution in [1.29, 1.82) is 0 Å². The van der Waals surface area contributed by atoms with Gasteiger partial charge in [-0.15, -0.1) is 0 Å². The molecule has 0 atom stereocenters. The Morgan fingerprint density at radius 3 is 2.58 bits per heavy atom. The first-order chi connectivity index (χ1) is 8.98. The number of hydrogen-bond donors (Lipinski definition) is 1. The summed E-state index contributed by atoms with van der Waals surface area (Å²) in [5, 5.41) is 3.29. The van der Waals surface area contributed by atoms with Gasteiger partial charge < -0.3 is 14.8 Å². The van der Waals surface area contributed by atoms with Crippen molar-refractivity contribution in [1.82, 2.24) is 5.32 Å². The quantitative estimate of drug-likeness (QED) is 0.866. The van der Waals surface area contributed by atoms with Gasteiger partial charge in [-0.1, -0.05) is 6.07 Å². The summed E-state index contributed by atoms with van der Waals surface area (Å²) in [6, 6.07) is 5.56. The molecule has 0 radical (unpaired) electrons. The average Bonchev–Trinajstić information content (AvgIpc) is 3.17. The van der Waals surface area contributed by atoms with E-state index in [-0.39, 0.29) is 5.75 Å². The van der Waals surface area contributed by atoms with E-state index in [0.29, 0.717) is 18.3 Å². The van der Waals surface area contributed by atoms with Gasteiger partial charge in [0.05, 0.1) is 7.11 Å². The Hall–Kier alpha value is -1.43. The van der Waals surface area contributed by atoms with Crippen LogP contribution in [0.4, 0.5) is 13.2 Å². The number of alkyl halides is 3. The maximum atomic E-state index is 12.2. The Morgan fingerprint density at radius 1 is 1.26 bits per heavy atom. The monoisotopic (exact) mass is 275 g/mol. The number of rotatable bonds is 6. The predicted molar refractivity (Wildman–Crippen MR) is 64.4 cm³/mol. The molecule has 6 heteroatoms. The second kappa shape index (κ2) is 5.69. The van der Waals surface area contributed by atoms with Crippen LogP contribution in [0, 0.1) is 0 Å². The Kier molecular flexibility index (Phi) is 4.19. The van der Waals surface area contributed by atoms with Crippen LogP contribution in [-0.2, 0) is 6.54 Å². The highest BCUT2D eigenvalue weighted by Gasteiger charge is 2.29. The summed E-state index contributed by atoms with van der Waals surface area (Å²) in [6.07, 6.45) is -2.03. The standard InChI is InChI=1S/C13H16F3NO2/c1-18-11-5-2-9(7-17-10-3-4-10)6-12(11)19-8-13(14,15)16/h2,5-6,10,17H,3-4,7-8H2,1H3. The Morgan fingerprint density at radius 2 is 2.00 bits per heavy atom. The third-order valence-corrected chi connectivity index (χ3v) is 2.79. The van der Waals surface area contributed by atoms with Gasteiger partial charge in [-0.3, -0.25) is 0 Å². The van der Waals surface area contributed by atoms with Gasteiger partial charge in [0.25, 0.3) is 0 Å². The van der Waals surface area contributed by atoms with Gasteiger partial charge in [0, 0.05) is 12.6 Å². The van der Waals surface area contributed by atoms with Crippen molar-refractivity contribution in [2.45, 2.75) is 31.6 Å². The van der Waals surface area contributed by atoms with Crippen LogP contribution in [0.1, 0.15) is 18.4 Å². The number of ether oxygens (including phenoxy) is 2. The number of halogens is 3. The molecular formula is C13H16F3NO2. The molecule has 0 saturated heterocycles. The van der Waals surface area contributed by atoms with E-state index in [2.05, 4.69) is 5.32 Å². The minimum atomic E-state index is -4.35. The van der Waals surface area contributed by atoms with Crippen molar-refractivity contribution in [2.24, 2.45) is 0 Å². The van der Waals surface area contributed by atoms with Crippen LogP contribution in [0.15, 0.2) is 18.2 Å². The highest BCUT2D eigenvalue weighted by atomic mass is 19.4. The minimum absolute atomic E-state index is 0.120. The Bertz CT molecular complexity index is 430. The third kappa shape index (κ3) is 4.63. The molecule has 0 unspecified atom stereocenters. The Balaban J connectivity index is 2.01. The molecule has 1 saturated carbocycles. The number of hydrogen-bond acceptors (Lipinski definition) is 3. The van der Waals surface area contributed by atoms with Crippen molar-refractivity contribution in [2.75, 3.05) is 13.7 Å². The van der Waals surface area contributed by atoms with E-state index in [1.165, 1.54) is 7.11 Å². The first-order valence-electron chi connectivity index (χ1n) is 6.08. The fourth-order valence-corrected chi connectivity index (χ4v) is 1.65. The summed E-state index contributed by atoms with van der Waals surface area (Å²) in [4.78, 5) is 0. The lowest BCUT2D eigenvalue weighted by molar-refractivity contribution is -0.153. The molecule has 0 heterocycles. The molecule has 3 nitrogen and oxygen atoms in total. The predicted octanol–water partition coefficient (Wildman–Crippen LogP) is 2.89. The van der Waals surface area contributed by atoms with Crippen LogP contribution in [0.2, 0.25) is 0 Å². The summed E-state index contributed by atoms with van der Waals surface area (Å²) in [5.41, 5.74) is 0.880. The molecule has 1 aromatic carbocycles. The molecule has 106 valence electrons. The van der Waals surface area contributed by atoms with E-state index >= 15 is 0 Å². The third-order valence-electron chi connectivity index (χ3n) is 2.79. The van der Waals surface area contributed by atoms with E-state index in [1.54, 1.807) is 12.1 Å². The van der Waals surface area contributed by atoms with E-state index in [9.17, 15) is 13.2 Å². The lowest BCUT2D eigenvalue weighted by atomic mass is 10.2. The van der Waals surface area contributed by atoms with Gasteiger partial charge >= 0.3 is 6.18 Å². The van der Waals surface area contributed by atoms with Crippen LogP contribution in [-0.4, -0.2) is 25.9 Å². The zero-order valence-electron chi connectivity index (χ0n) is 10.6. The zero-order valence-corrected chi connectivity index (χ0v) is 10.6. The van der Waals surface area contributed by atoms with Crippen molar-refractivity contribution >= 4 is 0 Å². The number of benzene rings is 1. The van der Waals surface area contributed by atoms with Crippen LogP contribution >= 0.6 is 0 Å². The van der Waals surface area contributed by atoms with Gasteiger partial charge in [0.1, 0.15) is 0 Å². The van der Waals surface area contributed by atoms with Crippen LogP contribution < -0.4 is 14.8 Å². The summed E-state index contributed by atoms with van der Waals surface area (Å²) in [6.45, 7) is -0.695. The molecule has 0 spiro atoms. The van der Waals surface area contributed by atoms with E-state index in [4.69, 9.17) is 9.47 Å². The first kappa shape index (κ1) is 14.0. The second-order valence-corrected chi connectivity index (χ2v) is 4.54. The van der Waals surface area contributed by atoms with E-state index in [0.717, 1.165) is 18.4 Å². The maximum Gasteiger partial charge on any atom is 0.422 e. The summed E-state index contributed by atoms with van der Waals surface area (Å²) < 4.78 is 46.3. The number of methoxy groups -OCH3 is 1. The molecule has 0 aliphatic heterocycles. The highest BCUT2D eigenvalue weighted by Crippen LogP contribution is 2.30. The van der Waals surface area contributed by atoms with Crippen LogP contribution in [0.25, 0.3) is 0 Å². The normalized spacial score (nSPS) is 15.4. The number of nitrogens with one attached hydrogen (secondary N) is 1. The van der Waals surface area contributed by atoms with Gasteiger partial charge in [-0.05, 0) is 30.5 Å². The molecule has 0 amide bonds.